The van der Waals surface area contributed by atoms with Crippen LogP contribution in [0.1, 0.15) is 32.5 Å². The molecule has 0 saturated heterocycles. The molecule has 1 heterocycles. The van der Waals surface area contributed by atoms with Crippen LogP contribution in [0.2, 0.25) is 0 Å². The second kappa shape index (κ2) is 6.76. The van der Waals surface area contributed by atoms with E-state index in [9.17, 15) is 4.79 Å². The van der Waals surface area contributed by atoms with Gasteiger partial charge < -0.3 is 9.84 Å². The third kappa shape index (κ3) is 4.90. The van der Waals surface area contributed by atoms with E-state index in [2.05, 4.69) is 15.5 Å². The number of benzene rings is 1. The van der Waals surface area contributed by atoms with Crippen LogP contribution < -0.4 is 5.32 Å². The standard InChI is InChI=1S/C15H19N3O2S/c1-15(2,3)14-17-13(20-18-14)10-21-9-12(19)16-11-7-5-4-6-8-11/h4-8H,9-10H2,1-3H3,(H,16,19). The molecule has 0 atom stereocenters. The van der Waals surface area contributed by atoms with E-state index in [-0.39, 0.29) is 11.3 Å². The molecule has 2 aromatic rings. The zero-order valence-corrected chi connectivity index (χ0v) is 13.2. The molecular weight excluding hydrogens is 286 g/mol. The Morgan fingerprint density at radius 2 is 2.00 bits per heavy atom. The lowest BCUT2D eigenvalue weighted by Gasteiger charge is -2.10. The third-order valence-corrected chi connectivity index (χ3v) is 3.57. The van der Waals surface area contributed by atoms with E-state index in [0.717, 1.165) is 5.69 Å². The largest absolute Gasteiger partial charge is 0.338 e. The number of amides is 1. The minimum Gasteiger partial charge on any atom is -0.338 e. The van der Waals surface area contributed by atoms with Crippen LogP contribution in [0.15, 0.2) is 34.9 Å². The van der Waals surface area contributed by atoms with Crippen molar-refractivity contribution in [3.8, 4) is 0 Å². The molecular formula is C15H19N3O2S. The lowest BCUT2D eigenvalue weighted by Crippen LogP contribution is -2.14. The van der Waals surface area contributed by atoms with E-state index < -0.39 is 0 Å². The average molecular weight is 305 g/mol. The highest BCUT2D eigenvalue weighted by Gasteiger charge is 2.20. The molecule has 5 nitrogen and oxygen atoms in total. The smallest absolute Gasteiger partial charge is 0.236 e. The highest BCUT2D eigenvalue weighted by molar-refractivity contribution is 7.99. The molecule has 0 aliphatic carbocycles. The van der Waals surface area contributed by atoms with Gasteiger partial charge in [0.1, 0.15) is 0 Å². The summed E-state index contributed by atoms with van der Waals surface area (Å²) in [6.45, 7) is 6.09. The van der Waals surface area contributed by atoms with Crippen molar-refractivity contribution in [2.24, 2.45) is 0 Å². The van der Waals surface area contributed by atoms with Gasteiger partial charge in [0.05, 0.1) is 11.5 Å². The molecule has 0 bridgehead atoms. The van der Waals surface area contributed by atoms with Crippen LogP contribution in [0.5, 0.6) is 0 Å². The monoisotopic (exact) mass is 305 g/mol. The fourth-order valence-electron chi connectivity index (χ4n) is 1.57. The molecule has 0 unspecified atom stereocenters. The van der Waals surface area contributed by atoms with Gasteiger partial charge in [-0.25, -0.2) is 0 Å². The third-order valence-electron chi connectivity index (χ3n) is 2.66. The molecule has 6 heteroatoms. The fourth-order valence-corrected chi connectivity index (χ4v) is 2.22. The predicted octanol–water partition coefficient (Wildman–Crippen LogP) is 3.24. The minimum absolute atomic E-state index is 0.0400. The van der Waals surface area contributed by atoms with Gasteiger partial charge in [-0.2, -0.15) is 4.98 Å². The summed E-state index contributed by atoms with van der Waals surface area (Å²) in [5, 5.41) is 6.78. The first kappa shape index (κ1) is 15.6. The van der Waals surface area contributed by atoms with Crippen LogP contribution in [0.3, 0.4) is 0 Å². The Hall–Kier alpha value is -1.82. The van der Waals surface area contributed by atoms with Gasteiger partial charge in [0.2, 0.25) is 11.8 Å². The van der Waals surface area contributed by atoms with E-state index in [1.807, 2.05) is 51.1 Å². The highest BCUT2D eigenvalue weighted by atomic mass is 32.2. The Kier molecular flexibility index (Phi) is 5.01. The van der Waals surface area contributed by atoms with Crippen molar-refractivity contribution in [3.63, 3.8) is 0 Å². The van der Waals surface area contributed by atoms with Gasteiger partial charge in [0.15, 0.2) is 5.82 Å². The molecule has 2 rings (SSSR count). The number of hydrogen-bond acceptors (Lipinski definition) is 5. The van der Waals surface area contributed by atoms with Crippen LogP contribution in [0.4, 0.5) is 5.69 Å². The molecule has 0 aliphatic heterocycles. The zero-order chi connectivity index (χ0) is 15.3. The van der Waals surface area contributed by atoms with Crippen LogP contribution in [-0.4, -0.2) is 21.8 Å². The first-order chi connectivity index (χ1) is 9.95. The van der Waals surface area contributed by atoms with Crippen LogP contribution in [-0.2, 0) is 16.0 Å². The Balaban J connectivity index is 1.77. The maximum absolute atomic E-state index is 11.8. The number of aromatic nitrogens is 2. The molecule has 1 aromatic carbocycles. The summed E-state index contributed by atoms with van der Waals surface area (Å²) in [6.07, 6.45) is 0. The number of anilines is 1. The second-order valence-electron chi connectivity index (χ2n) is 5.67. The van der Waals surface area contributed by atoms with Crippen molar-refractivity contribution in [2.45, 2.75) is 31.9 Å². The fraction of sp³-hybridized carbons (Fsp3) is 0.400. The first-order valence-corrected chi connectivity index (χ1v) is 7.86. The van der Waals surface area contributed by atoms with Gasteiger partial charge in [-0.15, -0.1) is 11.8 Å². The Labute approximate surface area is 128 Å². The van der Waals surface area contributed by atoms with E-state index in [1.165, 1.54) is 11.8 Å². The van der Waals surface area contributed by atoms with Gasteiger partial charge in [-0.1, -0.05) is 44.1 Å². The summed E-state index contributed by atoms with van der Waals surface area (Å²) in [6, 6.07) is 9.39. The molecule has 21 heavy (non-hydrogen) atoms. The lowest BCUT2D eigenvalue weighted by atomic mass is 9.96. The summed E-state index contributed by atoms with van der Waals surface area (Å²) >= 11 is 1.45. The maximum atomic E-state index is 11.8. The summed E-state index contributed by atoms with van der Waals surface area (Å²) in [7, 11) is 0. The molecule has 0 saturated carbocycles. The predicted molar refractivity (Wildman–Crippen MR) is 84.2 cm³/mol. The Bertz CT molecular complexity index is 590. The number of nitrogens with one attached hydrogen (secondary N) is 1. The van der Waals surface area contributed by atoms with Crippen LogP contribution in [0.25, 0.3) is 0 Å². The number of thioether (sulfide) groups is 1. The average Bonchev–Trinajstić information content (AvgIpc) is 2.88. The first-order valence-electron chi connectivity index (χ1n) is 6.71. The summed E-state index contributed by atoms with van der Waals surface area (Å²) in [4.78, 5) is 16.1. The number of nitrogens with zero attached hydrogens (tertiary/aromatic N) is 2. The minimum atomic E-state index is -0.128. The molecule has 1 N–H and O–H groups in total. The van der Waals surface area contributed by atoms with E-state index in [1.54, 1.807) is 0 Å². The molecule has 0 fully saturated rings. The van der Waals surface area contributed by atoms with Crippen molar-refractivity contribution in [1.29, 1.82) is 0 Å². The normalized spacial score (nSPS) is 11.4. The molecule has 1 amide bonds. The Morgan fingerprint density at radius 1 is 1.29 bits per heavy atom. The summed E-state index contributed by atoms with van der Waals surface area (Å²) < 4.78 is 5.18. The van der Waals surface area contributed by atoms with Gasteiger partial charge in [-0.05, 0) is 12.1 Å². The number of para-hydroxylation sites is 1. The van der Waals surface area contributed by atoms with Crippen LogP contribution in [0, 0.1) is 0 Å². The van der Waals surface area contributed by atoms with Crippen molar-refractivity contribution >= 4 is 23.4 Å². The molecule has 112 valence electrons. The van der Waals surface area contributed by atoms with Crippen molar-refractivity contribution in [1.82, 2.24) is 10.1 Å². The van der Waals surface area contributed by atoms with Gasteiger partial charge in [0.25, 0.3) is 0 Å². The van der Waals surface area contributed by atoms with Gasteiger partial charge >= 0.3 is 0 Å². The summed E-state index contributed by atoms with van der Waals surface area (Å²) in [5.74, 6) is 2.08. The number of carbonyl (C=O) groups excluding carboxylic acids is 1. The number of hydrogen-bond donors (Lipinski definition) is 1. The van der Waals surface area contributed by atoms with Gasteiger partial charge in [0, 0.05) is 11.1 Å². The van der Waals surface area contributed by atoms with E-state index >= 15 is 0 Å². The topological polar surface area (TPSA) is 68.0 Å². The van der Waals surface area contributed by atoms with Crippen molar-refractivity contribution in [2.75, 3.05) is 11.1 Å². The quantitative estimate of drug-likeness (QED) is 0.918. The highest BCUT2D eigenvalue weighted by Crippen LogP contribution is 2.20. The van der Waals surface area contributed by atoms with Crippen molar-refractivity contribution in [3.05, 3.63) is 42.0 Å². The van der Waals surface area contributed by atoms with Crippen molar-refractivity contribution < 1.29 is 9.32 Å². The summed E-state index contributed by atoms with van der Waals surface area (Å²) in [5.41, 5.74) is 0.674. The Morgan fingerprint density at radius 3 is 2.62 bits per heavy atom. The SMILES string of the molecule is CC(C)(C)c1noc(CSCC(=O)Nc2ccccc2)n1. The second-order valence-corrected chi connectivity index (χ2v) is 6.65. The zero-order valence-electron chi connectivity index (χ0n) is 12.4. The van der Waals surface area contributed by atoms with Crippen LogP contribution >= 0.6 is 11.8 Å². The van der Waals surface area contributed by atoms with Gasteiger partial charge in [-0.3, -0.25) is 4.79 Å². The van der Waals surface area contributed by atoms with E-state index in [4.69, 9.17) is 4.52 Å². The number of carbonyl (C=O) groups is 1. The number of rotatable bonds is 5. The molecule has 1 aromatic heterocycles. The maximum Gasteiger partial charge on any atom is 0.236 e. The van der Waals surface area contributed by atoms with E-state index in [0.29, 0.717) is 23.2 Å². The lowest BCUT2D eigenvalue weighted by molar-refractivity contribution is -0.113. The molecule has 0 spiro atoms. The molecule has 0 aliphatic rings. The molecule has 0 radical (unpaired) electrons.